The fraction of sp³-hybridized carbons (Fsp3) is 0.600. The predicted molar refractivity (Wildman–Crippen MR) is 80.8 cm³/mol. The predicted octanol–water partition coefficient (Wildman–Crippen LogP) is 2.08. The molecule has 0 unspecified atom stereocenters. The molecule has 2 rings (SSSR count). The maximum atomic E-state index is 12.3. The number of aliphatic hydroxyl groups is 1. The van der Waals surface area contributed by atoms with Crippen LogP contribution < -0.4 is 4.90 Å². The molecule has 0 radical (unpaired) electrons. The van der Waals surface area contributed by atoms with Crippen LogP contribution in [0.15, 0.2) is 29.2 Å². The zero-order chi connectivity index (χ0) is 14.8. The molecule has 0 atom stereocenters. The van der Waals surface area contributed by atoms with Crippen LogP contribution in [0, 0.1) is 5.92 Å². The van der Waals surface area contributed by atoms with Gasteiger partial charge in [0.05, 0.1) is 22.4 Å². The van der Waals surface area contributed by atoms with Gasteiger partial charge in [-0.3, -0.25) is 0 Å². The normalized spacial score (nSPS) is 22.4. The Labute approximate surface area is 121 Å². The molecule has 0 bridgehead atoms. The molecule has 1 aliphatic carbocycles. The number of nitrogens with zero attached hydrogens (tertiary/aromatic N) is 1. The number of sulfone groups is 1. The summed E-state index contributed by atoms with van der Waals surface area (Å²) in [6.07, 6.45) is 2.07. The van der Waals surface area contributed by atoms with Crippen molar-refractivity contribution in [2.75, 3.05) is 24.2 Å². The molecule has 0 aliphatic heterocycles. The molecule has 0 aromatic heterocycles. The van der Waals surface area contributed by atoms with Crippen LogP contribution in [-0.4, -0.2) is 39.0 Å². The molecular formula is C15H23NO3S. The Kier molecular flexibility index (Phi) is 4.70. The van der Waals surface area contributed by atoms with Gasteiger partial charge in [-0.1, -0.05) is 19.1 Å². The molecule has 4 nitrogen and oxygen atoms in total. The van der Waals surface area contributed by atoms with Gasteiger partial charge in [0.25, 0.3) is 0 Å². The summed E-state index contributed by atoms with van der Waals surface area (Å²) in [5, 5.41) is 9.34. The Balaban J connectivity index is 2.19. The second-order valence-corrected chi connectivity index (χ2v) is 7.74. The highest BCUT2D eigenvalue weighted by molar-refractivity contribution is 7.91. The van der Waals surface area contributed by atoms with Gasteiger partial charge >= 0.3 is 0 Å². The highest BCUT2D eigenvalue weighted by atomic mass is 32.2. The lowest BCUT2D eigenvalue weighted by atomic mass is 9.82. The Hall–Kier alpha value is -1.07. The SMILES string of the molecule is CCCS(=O)(=O)c1ccccc1N(C)CC1CC(O)C1. The van der Waals surface area contributed by atoms with Gasteiger partial charge in [0.2, 0.25) is 0 Å². The van der Waals surface area contributed by atoms with Crippen molar-refractivity contribution in [3.8, 4) is 0 Å². The first kappa shape index (κ1) is 15.3. The van der Waals surface area contributed by atoms with Gasteiger partial charge in [0.15, 0.2) is 9.84 Å². The third kappa shape index (κ3) is 3.33. The maximum Gasteiger partial charge on any atom is 0.180 e. The van der Waals surface area contributed by atoms with Crippen molar-refractivity contribution < 1.29 is 13.5 Å². The maximum absolute atomic E-state index is 12.3. The monoisotopic (exact) mass is 297 g/mol. The average Bonchev–Trinajstić information content (AvgIpc) is 2.37. The van der Waals surface area contributed by atoms with Crippen molar-refractivity contribution in [1.82, 2.24) is 0 Å². The van der Waals surface area contributed by atoms with E-state index in [1.54, 1.807) is 12.1 Å². The quantitative estimate of drug-likeness (QED) is 0.873. The van der Waals surface area contributed by atoms with E-state index in [2.05, 4.69) is 0 Å². The number of rotatable bonds is 6. The van der Waals surface area contributed by atoms with Crippen LogP contribution in [0.5, 0.6) is 0 Å². The highest BCUT2D eigenvalue weighted by Gasteiger charge is 2.29. The van der Waals surface area contributed by atoms with E-state index in [1.165, 1.54) is 0 Å². The summed E-state index contributed by atoms with van der Waals surface area (Å²) < 4.78 is 24.6. The van der Waals surface area contributed by atoms with Gasteiger partial charge in [0, 0.05) is 13.6 Å². The molecule has 1 N–H and O–H groups in total. The average molecular weight is 297 g/mol. The largest absolute Gasteiger partial charge is 0.393 e. The Morgan fingerprint density at radius 1 is 1.30 bits per heavy atom. The van der Waals surface area contributed by atoms with Gasteiger partial charge in [0.1, 0.15) is 0 Å². The molecule has 1 fully saturated rings. The van der Waals surface area contributed by atoms with Crippen molar-refractivity contribution in [1.29, 1.82) is 0 Å². The van der Waals surface area contributed by atoms with Crippen molar-refractivity contribution in [2.45, 2.75) is 37.2 Å². The topological polar surface area (TPSA) is 57.6 Å². The first-order chi connectivity index (χ1) is 9.44. The first-order valence-corrected chi connectivity index (χ1v) is 8.80. The van der Waals surface area contributed by atoms with Gasteiger partial charge in [-0.2, -0.15) is 0 Å². The summed E-state index contributed by atoms with van der Waals surface area (Å²) in [7, 11) is -1.29. The van der Waals surface area contributed by atoms with Crippen LogP contribution >= 0.6 is 0 Å². The lowest BCUT2D eigenvalue weighted by molar-refractivity contribution is 0.0464. The molecule has 0 heterocycles. The number of hydrogen-bond acceptors (Lipinski definition) is 4. The number of aliphatic hydroxyl groups excluding tert-OH is 1. The van der Waals surface area contributed by atoms with Crippen LogP contribution in [0.4, 0.5) is 5.69 Å². The van der Waals surface area contributed by atoms with Crippen LogP contribution in [0.3, 0.4) is 0 Å². The molecule has 1 aromatic rings. The smallest absolute Gasteiger partial charge is 0.180 e. The zero-order valence-electron chi connectivity index (χ0n) is 12.1. The van der Waals surface area contributed by atoms with E-state index in [4.69, 9.17) is 0 Å². The molecule has 20 heavy (non-hydrogen) atoms. The number of para-hydroxylation sites is 1. The minimum Gasteiger partial charge on any atom is -0.393 e. The number of hydrogen-bond donors (Lipinski definition) is 1. The van der Waals surface area contributed by atoms with Gasteiger partial charge in [-0.05, 0) is 37.3 Å². The van der Waals surface area contributed by atoms with Gasteiger partial charge in [-0.25, -0.2) is 8.42 Å². The van der Waals surface area contributed by atoms with Crippen LogP contribution in [0.2, 0.25) is 0 Å². The molecule has 112 valence electrons. The summed E-state index contributed by atoms with van der Waals surface area (Å²) in [5.74, 6) is 0.636. The second kappa shape index (κ2) is 6.14. The minimum atomic E-state index is -3.21. The third-order valence-electron chi connectivity index (χ3n) is 3.83. The second-order valence-electron chi connectivity index (χ2n) is 5.66. The molecular weight excluding hydrogens is 274 g/mol. The minimum absolute atomic E-state index is 0.174. The standard InChI is InChI=1S/C15H23NO3S/c1-3-8-20(18,19)15-7-5-4-6-14(15)16(2)11-12-9-13(17)10-12/h4-7,12-13,17H,3,8-11H2,1-2H3. The molecule has 1 aromatic carbocycles. The van der Waals surface area contributed by atoms with E-state index < -0.39 is 9.84 Å². The summed E-state index contributed by atoms with van der Waals surface area (Å²) in [5.41, 5.74) is 0.766. The zero-order valence-corrected chi connectivity index (χ0v) is 12.9. The molecule has 5 heteroatoms. The van der Waals surface area contributed by atoms with Crippen LogP contribution in [0.25, 0.3) is 0 Å². The lowest BCUT2D eigenvalue weighted by Gasteiger charge is -2.35. The number of benzene rings is 1. The fourth-order valence-electron chi connectivity index (χ4n) is 2.75. The van der Waals surface area contributed by atoms with E-state index in [0.717, 1.165) is 25.1 Å². The van der Waals surface area contributed by atoms with Gasteiger partial charge in [-0.15, -0.1) is 0 Å². The summed E-state index contributed by atoms with van der Waals surface area (Å²) >= 11 is 0. The van der Waals surface area contributed by atoms with Crippen LogP contribution in [0.1, 0.15) is 26.2 Å². The highest BCUT2D eigenvalue weighted by Crippen LogP contribution is 2.31. The molecule has 0 spiro atoms. The summed E-state index contributed by atoms with van der Waals surface area (Å²) in [6, 6.07) is 7.18. The molecule has 0 saturated heterocycles. The van der Waals surface area contributed by atoms with Crippen molar-refractivity contribution in [3.05, 3.63) is 24.3 Å². The Bertz CT molecular complexity index is 550. The Morgan fingerprint density at radius 3 is 2.55 bits per heavy atom. The van der Waals surface area contributed by atoms with E-state index in [9.17, 15) is 13.5 Å². The number of anilines is 1. The fourth-order valence-corrected chi connectivity index (χ4v) is 4.34. The molecule has 1 saturated carbocycles. The van der Waals surface area contributed by atoms with Crippen LogP contribution in [-0.2, 0) is 9.84 Å². The molecule has 0 amide bonds. The van der Waals surface area contributed by atoms with Crippen molar-refractivity contribution in [2.24, 2.45) is 5.92 Å². The van der Waals surface area contributed by atoms with E-state index in [0.29, 0.717) is 17.2 Å². The van der Waals surface area contributed by atoms with E-state index >= 15 is 0 Å². The summed E-state index contributed by atoms with van der Waals surface area (Å²) in [4.78, 5) is 2.42. The van der Waals surface area contributed by atoms with E-state index in [-0.39, 0.29) is 11.9 Å². The van der Waals surface area contributed by atoms with Crippen molar-refractivity contribution in [3.63, 3.8) is 0 Å². The Morgan fingerprint density at radius 2 is 1.95 bits per heavy atom. The van der Waals surface area contributed by atoms with Crippen molar-refractivity contribution >= 4 is 15.5 Å². The van der Waals surface area contributed by atoms with Gasteiger partial charge < -0.3 is 10.0 Å². The summed E-state index contributed by atoms with van der Waals surface area (Å²) in [6.45, 7) is 2.66. The lowest BCUT2D eigenvalue weighted by Crippen LogP contribution is -2.37. The first-order valence-electron chi connectivity index (χ1n) is 7.15. The third-order valence-corrected chi connectivity index (χ3v) is 5.79. The molecule has 1 aliphatic rings. The van der Waals surface area contributed by atoms with E-state index in [1.807, 2.05) is 31.0 Å².